The second kappa shape index (κ2) is 17.7. The van der Waals surface area contributed by atoms with Crippen LogP contribution in [0.15, 0.2) is 104 Å². The zero-order valence-corrected chi connectivity index (χ0v) is 24.6. The average Bonchev–Trinajstić information content (AvgIpc) is 2.98. The molecule has 0 amide bonds. The van der Waals surface area contributed by atoms with Crippen molar-refractivity contribution in [2.75, 3.05) is 6.54 Å². The van der Waals surface area contributed by atoms with E-state index in [0.717, 1.165) is 25.1 Å². The molecule has 1 N–H and O–H groups in total. The first-order valence-corrected chi connectivity index (χ1v) is 15.1. The van der Waals surface area contributed by atoms with Crippen LogP contribution < -0.4 is 5.32 Å². The lowest BCUT2D eigenvalue weighted by molar-refractivity contribution is 0.285. The smallest absolute Gasteiger partial charge is 0.0443 e. The predicted molar refractivity (Wildman–Crippen MR) is 170 cm³/mol. The molecule has 0 spiro atoms. The van der Waals surface area contributed by atoms with Crippen LogP contribution in [0, 0.1) is 0 Å². The number of aryl methyl sites for hydroxylation is 1. The van der Waals surface area contributed by atoms with Gasteiger partial charge in [0.2, 0.25) is 0 Å². The molecule has 1 aliphatic rings. The Hall–Kier alpha value is -2.80. The Morgan fingerprint density at radius 2 is 1.61 bits per heavy atom. The first kappa shape index (κ1) is 31.4. The lowest BCUT2D eigenvalue weighted by Crippen LogP contribution is -2.40. The molecule has 1 saturated carbocycles. The van der Waals surface area contributed by atoms with Crippen LogP contribution in [0.1, 0.15) is 108 Å². The fourth-order valence-corrected chi connectivity index (χ4v) is 5.82. The van der Waals surface area contributed by atoms with Crippen LogP contribution in [0.2, 0.25) is 0 Å². The van der Waals surface area contributed by atoms with Crippen LogP contribution in [0.25, 0.3) is 0 Å². The van der Waals surface area contributed by atoms with Gasteiger partial charge in [0.15, 0.2) is 0 Å². The number of hydrogen-bond acceptors (Lipinski definition) is 1. The van der Waals surface area contributed by atoms with E-state index in [1.54, 1.807) is 0 Å². The third-order valence-electron chi connectivity index (χ3n) is 8.04. The summed E-state index contributed by atoms with van der Waals surface area (Å²) in [6, 6.07) is 20.5. The second-order valence-corrected chi connectivity index (χ2v) is 10.6. The van der Waals surface area contributed by atoms with Gasteiger partial charge in [0.1, 0.15) is 0 Å². The molecule has 1 unspecified atom stereocenters. The largest absolute Gasteiger partial charge is 0.387 e. The van der Waals surface area contributed by atoms with Crippen LogP contribution in [0.5, 0.6) is 0 Å². The van der Waals surface area contributed by atoms with Crippen molar-refractivity contribution < 1.29 is 0 Å². The van der Waals surface area contributed by atoms with E-state index in [0.29, 0.717) is 0 Å². The first-order valence-electron chi connectivity index (χ1n) is 15.1. The Morgan fingerprint density at radius 1 is 0.921 bits per heavy atom. The lowest BCUT2D eigenvalue weighted by atomic mass is 9.69. The quantitative estimate of drug-likeness (QED) is 0.151. The van der Waals surface area contributed by atoms with Crippen molar-refractivity contribution >= 4 is 0 Å². The van der Waals surface area contributed by atoms with Gasteiger partial charge < -0.3 is 5.32 Å². The van der Waals surface area contributed by atoms with Gasteiger partial charge in [-0.25, -0.2) is 0 Å². The molecule has 1 atom stereocenters. The summed E-state index contributed by atoms with van der Waals surface area (Å²) in [5.74, 6) is 0.194. The molecule has 0 radical (unpaired) electrons. The number of rotatable bonds is 14. The van der Waals surface area contributed by atoms with Gasteiger partial charge in [0.05, 0.1) is 0 Å². The summed E-state index contributed by atoms with van der Waals surface area (Å²) in [5.41, 5.74) is 7.05. The van der Waals surface area contributed by atoms with E-state index in [1.165, 1.54) is 80.1 Å². The summed E-state index contributed by atoms with van der Waals surface area (Å²) >= 11 is 0. The zero-order valence-electron chi connectivity index (χ0n) is 24.6. The van der Waals surface area contributed by atoms with Crippen molar-refractivity contribution in [2.45, 2.75) is 103 Å². The highest BCUT2D eigenvalue weighted by molar-refractivity contribution is 5.39. The van der Waals surface area contributed by atoms with Gasteiger partial charge in [0.25, 0.3) is 0 Å². The second-order valence-electron chi connectivity index (χ2n) is 10.6. The van der Waals surface area contributed by atoms with Crippen molar-refractivity contribution in [3.63, 3.8) is 0 Å². The maximum Gasteiger partial charge on any atom is 0.0443 e. The lowest BCUT2D eigenvalue weighted by Gasteiger charge is -2.39. The number of allylic oxidation sites excluding steroid dienone is 4. The Morgan fingerprint density at radius 3 is 2.21 bits per heavy atom. The van der Waals surface area contributed by atoms with E-state index >= 15 is 0 Å². The Kier molecular flexibility index (Phi) is 14.6. The monoisotopic (exact) mass is 511 g/mol. The van der Waals surface area contributed by atoms with Crippen molar-refractivity contribution in [1.82, 2.24) is 5.32 Å². The van der Waals surface area contributed by atoms with E-state index < -0.39 is 0 Å². The SMILES string of the molecule is C=C.C=C(NCC1(c2ccc(CCCCC)cc2)CCCCC1)C(/C(=C/C=C\CC)CC)c1ccccc1. The molecule has 2 aromatic rings. The van der Waals surface area contributed by atoms with Crippen LogP contribution in [0.3, 0.4) is 0 Å². The average molecular weight is 512 g/mol. The molecule has 206 valence electrons. The van der Waals surface area contributed by atoms with Gasteiger partial charge in [-0.15, -0.1) is 13.2 Å². The molecule has 0 aliphatic heterocycles. The minimum Gasteiger partial charge on any atom is -0.387 e. The molecule has 1 heteroatoms. The van der Waals surface area contributed by atoms with Crippen LogP contribution in [-0.2, 0) is 11.8 Å². The standard InChI is InChI=1S/C35H49N.C2H4/c1-5-8-12-18-30-22-24-33(25-23-30)35(26-16-11-17-27-35)28-36-29(4)34(32-20-14-10-15-21-32)31(7-3)19-13-9-6-2;1-2/h9-10,13-15,19-25,34,36H,4-8,11-12,16-18,26-28H2,1-3H3;1-2H2/b13-9-,31-19+;. The van der Waals surface area contributed by atoms with Crippen molar-refractivity contribution in [3.05, 3.63) is 121 Å². The van der Waals surface area contributed by atoms with Gasteiger partial charge in [-0.2, -0.15) is 0 Å². The maximum atomic E-state index is 4.62. The van der Waals surface area contributed by atoms with E-state index in [4.69, 9.17) is 0 Å². The maximum absolute atomic E-state index is 4.62. The molecular formula is C37H53N. The highest BCUT2D eigenvalue weighted by Crippen LogP contribution is 2.40. The van der Waals surface area contributed by atoms with Gasteiger partial charge in [-0.05, 0) is 55.2 Å². The van der Waals surface area contributed by atoms with Crippen molar-refractivity contribution in [2.24, 2.45) is 0 Å². The molecule has 0 saturated heterocycles. The first-order chi connectivity index (χ1) is 18.6. The van der Waals surface area contributed by atoms with Crippen molar-refractivity contribution in [3.8, 4) is 0 Å². The number of benzene rings is 2. The fourth-order valence-electron chi connectivity index (χ4n) is 5.82. The molecule has 1 nitrogen and oxygen atoms in total. The molecule has 3 rings (SSSR count). The summed E-state index contributed by atoms with van der Waals surface area (Å²) in [6.45, 7) is 18.3. The predicted octanol–water partition coefficient (Wildman–Crippen LogP) is 10.6. The van der Waals surface area contributed by atoms with E-state index in [-0.39, 0.29) is 11.3 Å². The van der Waals surface area contributed by atoms with Gasteiger partial charge >= 0.3 is 0 Å². The molecule has 1 fully saturated rings. The van der Waals surface area contributed by atoms with E-state index in [2.05, 4.69) is 119 Å². The van der Waals surface area contributed by atoms with E-state index in [1.807, 2.05) is 0 Å². The van der Waals surface area contributed by atoms with E-state index in [9.17, 15) is 0 Å². The normalized spacial score (nSPS) is 15.9. The third-order valence-corrected chi connectivity index (χ3v) is 8.04. The summed E-state index contributed by atoms with van der Waals surface area (Å²) < 4.78 is 0. The zero-order chi connectivity index (χ0) is 27.6. The summed E-state index contributed by atoms with van der Waals surface area (Å²) in [7, 11) is 0. The van der Waals surface area contributed by atoms with Gasteiger partial charge in [0, 0.05) is 23.6 Å². The van der Waals surface area contributed by atoms with Crippen LogP contribution in [-0.4, -0.2) is 6.54 Å². The minimum atomic E-state index is 0.194. The van der Waals surface area contributed by atoms with Crippen molar-refractivity contribution in [1.29, 1.82) is 0 Å². The van der Waals surface area contributed by atoms with Crippen LogP contribution >= 0.6 is 0 Å². The molecule has 1 aliphatic carbocycles. The summed E-state index contributed by atoms with van der Waals surface area (Å²) in [4.78, 5) is 0. The fraction of sp³-hybridized carbons (Fsp3) is 0.459. The summed E-state index contributed by atoms with van der Waals surface area (Å²) in [6.07, 6.45) is 20.4. The summed E-state index contributed by atoms with van der Waals surface area (Å²) in [5, 5.41) is 3.89. The molecule has 2 aromatic carbocycles. The Labute approximate surface area is 234 Å². The topological polar surface area (TPSA) is 12.0 Å². The Bertz CT molecular complexity index is 973. The molecule has 0 heterocycles. The Balaban J connectivity index is 0.00000247. The van der Waals surface area contributed by atoms with Gasteiger partial charge in [-0.3, -0.25) is 0 Å². The third kappa shape index (κ3) is 9.19. The number of hydrogen-bond donors (Lipinski definition) is 1. The van der Waals surface area contributed by atoms with Gasteiger partial charge in [-0.1, -0.05) is 138 Å². The highest BCUT2D eigenvalue weighted by atomic mass is 14.9. The number of nitrogens with one attached hydrogen (secondary N) is 1. The minimum absolute atomic E-state index is 0.194. The number of unbranched alkanes of at least 4 members (excludes halogenated alkanes) is 2. The molecular weight excluding hydrogens is 458 g/mol. The van der Waals surface area contributed by atoms with Crippen LogP contribution in [0.4, 0.5) is 0 Å². The highest BCUT2D eigenvalue weighted by Gasteiger charge is 2.34. The molecule has 0 aromatic heterocycles. The molecule has 38 heavy (non-hydrogen) atoms. The molecule has 0 bridgehead atoms.